The van der Waals surface area contributed by atoms with Crippen LogP contribution in [0.2, 0.25) is 0 Å². The fraction of sp³-hybridized carbons (Fsp3) is 0.571. The van der Waals surface area contributed by atoms with Crippen molar-refractivity contribution in [3.63, 3.8) is 0 Å². The molecule has 64 valence electrons. The predicted molar refractivity (Wildman–Crippen MR) is 42.8 cm³/mol. The molecule has 0 saturated carbocycles. The number of likely N-dealkylation sites (N-methyl/N-ethyl adjacent to an activating group) is 1. The summed E-state index contributed by atoms with van der Waals surface area (Å²) >= 11 is 0. The van der Waals surface area contributed by atoms with E-state index in [0.717, 1.165) is 0 Å². The van der Waals surface area contributed by atoms with Crippen molar-refractivity contribution in [3.8, 4) is 0 Å². The lowest BCUT2D eigenvalue weighted by molar-refractivity contribution is -0.136. The van der Waals surface area contributed by atoms with E-state index < -0.39 is 5.97 Å². The molecule has 0 spiro atoms. The van der Waals surface area contributed by atoms with Crippen LogP contribution in [0.15, 0.2) is 11.8 Å². The minimum atomic E-state index is -0.398. The van der Waals surface area contributed by atoms with Crippen molar-refractivity contribution in [3.05, 3.63) is 11.8 Å². The van der Waals surface area contributed by atoms with Crippen LogP contribution in [0.3, 0.4) is 0 Å². The van der Waals surface area contributed by atoms with E-state index in [4.69, 9.17) is 5.73 Å². The van der Waals surface area contributed by atoms with Crippen molar-refractivity contribution in [2.24, 2.45) is 5.73 Å². The van der Waals surface area contributed by atoms with Crippen LogP contribution in [-0.2, 0) is 9.53 Å². The van der Waals surface area contributed by atoms with Crippen molar-refractivity contribution in [1.82, 2.24) is 5.32 Å². The number of methoxy groups -OCH3 is 1. The van der Waals surface area contributed by atoms with E-state index in [9.17, 15) is 4.79 Å². The van der Waals surface area contributed by atoms with Gasteiger partial charge < -0.3 is 15.8 Å². The summed E-state index contributed by atoms with van der Waals surface area (Å²) in [6.07, 6.45) is 1.60. The number of carbonyl (C=O) groups excluding carboxylic acids is 1. The minimum Gasteiger partial charge on any atom is -0.464 e. The molecule has 0 aliphatic heterocycles. The Labute approximate surface area is 66.4 Å². The Hall–Kier alpha value is -1.03. The summed E-state index contributed by atoms with van der Waals surface area (Å²) < 4.78 is 4.48. The summed E-state index contributed by atoms with van der Waals surface area (Å²) in [4.78, 5) is 10.9. The normalized spacial score (nSPS) is 14.0. The van der Waals surface area contributed by atoms with Crippen LogP contribution in [0.1, 0.15) is 6.92 Å². The smallest absolute Gasteiger partial charge is 0.353 e. The molecule has 3 N–H and O–H groups in total. The van der Waals surface area contributed by atoms with E-state index in [1.54, 1.807) is 20.0 Å². The molecule has 1 unspecified atom stereocenters. The molecular formula is C7H14N2O2. The average Bonchev–Trinajstić information content (AvgIpc) is 1.98. The maximum absolute atomic E-state index is 10.9. The van der Waals surface area contributed by atoms with E-state index in [1.165, 1.54) is 7.11 Å². The fourth-order valence-corrected chi connectivity index (χ4v) is 0.626. The summed E-state index contributed by atoms with van der Waals surface area (Å²) in [7, 11) is 2.97. The third kappa shape index (κ3) is 3.62. The summed E-state index contributed by atoms with van der Waals surface area (Å²) in [5, 5.41) is 2.69. The van der Waals surface area contributed by atoms with Gasteiger partial charge in [0.25, 0.3) is 0 Å². The molecule has 0 aliphatic carbocycles. The Balaban J connectivity index is 4.27. The van der Waals surface area contributed by atoms with Gasteiger partial charge in [-0.2, -0.15) is 0 Å². The Morgan fingerprint density at radius 3 is 2.55 bits per heavy atom. The topological polar surface area (TPSA) is 64.3 Å². The molecule has 0 heterocycles. The van der Waals surface area contributed by atoms with Crippen molar-refractivity contribution in [2.45, 2.75) is 13.0 Å². The molecule has 0 aromatic carbocycles. The van der Waals surface area contributed by atoms with Gasteiger partial charge in [-0.05, 0) is 13.0 Å². The summed E-state index contributed by atoms with van der Waals surface area (Å²) in [6.45, 7) is 1.78. The van der Waals surface area contributed by atoms with E-state index in [1.807, 2.05) is 0 Å². The zero-order chi connectivity index (χ0) is 8.85. The first-order valence-corrected chi connectivity index (χ1v) is 3.35. The van der Waals surface area contributed by atoms with Crippen LogP contribution in [0.4, 0.5) is 0 Å². The van der Waals surface area contributed by atoms with Crippen molar-refractivity contribution >= 4 is 5.97 Å². The van der Waals surface area contributed by atoms with Crippen LogP contribution in [0, 0.1) is 0 Å². The number of hydrogen-bond donors (Lipinski definition) is 2. The molecule has 0 aromatic heterocycles. The molecule has 0 aliphatic rings. The highest BCUT2D eigenvalue weighted by Gasteiger charge is 2.06. The monoisotopic (exact) mass is 158 g/mol. The summed E-state index contributed by atoms with van der Waals surface area (Å²) in [5.41, 5.74) is 5.83. The molecule has 11 heavy (non-hydrogen) atoms. The molecule has 1 atom stereocenters. The van der Waals surface area contributed by atoms with Gasteiger partial charge in [-0.1, -0.05) is 0 Å². The van der Waals surface area contributed by atoms with Crippen molar-refractivity contribution in [1.29, 1.82) is 0 Å². The molecule has 0 bridgehead atoms. The van der Waals surface area contributed by atoms with E-state index >= 15 is 0 Å². The maximum atomic E-state index is 10.9. The van der Waals surface area contributed by atoms with Gasteiger partial charge in [-0.25, -0.2) is 4.79 Å². The van der Waals surface area contributed by atoms with Gasteiger partial charge in [0.15, 0.2) is 0 Å². The number of ether oxygens (including phenoxy) is 1. The van der Waals surface area contributed by atoms with E-state index in [2.05, 4.69) is 10.1 Å². The standard InChI is InChI=1S/C7H14N2O2/c1-5(8)4-6(9-2)7(10)11-3/h4-5,9H,8H2,1-3H3/b6-4-. The second-order valence-corrected chi connectivity index (χ2v) is 2.18. The summed E-state index contributed by atoms with van der Waals surface area (Å²) in [5.74, 6) is -0.398. The van der Waals surface area contributed by atoms with Gasteiger partial charge in [0, 0.05) is 13.1 Å². The van der Waals surface area contributed by atoms with Crippen LogP contribution < -0.4 is 11.1 Å². The number of nitrogens with two attached hydrogens (primary N) is 1. The second-order valence-electron chi connectivity index (χ2n) is 2.18. The number of carbonyl (C=O) groups is 1. The van der Waals surface area contributed by atoms with Gasteiger partial charge in [-0.3, -0.25) is 0 Å². The highest BCUT2D eigenvalue weighted by atomic mass is 16.5. The molecule has 0 saturated heterocycles. The first kappa shape index (κ1) is 9.97. The van der Waals surface area contributed by atoms with Crippen molar-refractivity contribution < 1.29 is 9.53 Å². The molecule has 4 nitrogen and oxygen atoms in total. The molecule has 0 radical (unpaired) electrons. The highest BCUT2D eigenvalue weighted by molar-refractivity contribution is 5.87. The highest BCUT2D eigenvalue weighted by Crippen LogP contribution is 1.92. The average molecular weight is 158 g/mol. The SMILES string of the molecule is CN/C(=C\C(C)N)C(=O)OC. The largest absolute Gasteiger partial charge is 0.464 e. The summed E-state index contributed by atoms with van der Waals surface area (Å²) in [6, 6.07) is -0.156. The number of nitrogens with one attached hydrogen (secondary N) is 1. The van der Waals surface area contributed by atoms with Crippen LogP contribution in [-0.4, -0.2) is 26.2 Å². The molecule has 0 rings (SSSR count). The number of hydrogen-bond acceptors (Lipinski definition) is 4. The molecule has 0 fully saturated rings. The lowest BCUT2D eigenvalue weighted by atomic mass is 10.3. The van der Waals surface area contributed by atoms with Crippen LogP contribution in [0.5, 0.6) is 0 Å². The second kappa shape index (κ2) is 4.73. The lowest BCUT2D eigenvalue weighted by Crippen LogP contribution is -2.22. The Morgan fingerprint density at radius 2 is 2.27 bits per heavy atom. The minimum absolute atomic E-state index is 0.156. The third-order valence-electron chi connectivity index (χ3n) is 1.10. The molecule has 4 heteroatoms. The first-order chi connectivity index (χ1) is 5.11. The van der Waals surface area contributed by atoms with Gasteiger partial charge in [0.1, 0.15) is 5.70 Å². The number of esters is 1. The maximum Gasteiger partial charge on any atom is 0.353 e. The Bertz CT molecular complexity index is 164. The quantitative estimate of drug-likeness (QED) is 0.433. The van der Waals surface area contributed by atoms with Crippen LogP contribution >= 0.6 is 0 Å². The Morgan fingerprint density at radius 1 is 1.73 bits per heavy atom. The van der Waals surface area contributed by atoms with Gasteiger partial charge in [0.2, 0.25) is 0 Å². The zero-order valence-electron chi connectivity index (χ0n) is 7.05. The molecule has 0 amide bonds. The molecular weight excluding hydrogens is 144 g/mol. The molecule has 0 aromatic rings. The van der Waals surface area contributed by atoms with E-state index in [0.29, 0.717) is 5.70 Å². The van der Waals surface area contributed by atoms with Gasteiger partial charge >= 0.3 is 5.97 Å². The zero-order valence-corrected chi connectivity index (χ0v) is 7.05. The predicted octanol–water partition coefficient (Wildman–Crippen LogP) is -0.390. The lowest BCUT2D eigenvalue weighted by Gasteiger charge is -2.05. The fourth-order valence-electron chi connectivity index (χ4n) is 0.626. The third-order valence-corrected chi connectivity index (χ3v) is 1.10. The van der Waals surface area contributed by atoms with Crippen molar-refractivity contribution in [2.75, 3.05) is 14.2 Å². The van der Waals surface area contributed by atoms with E-state index in [-0.39, 0.29) is 6.04 Å². The van der Waals surface area contributed by atoms with Gasteiger partial charge in [0.05, 0.1) is 7.11 Å². The van der Waals surface area contributed by atoms with Crippen LogP contribution in [0.25, 0.3) is 0 Å². The first-order valence-electron chi connectivity index (χ1n) is 3.35. The van der Waals surface area contributed by atoms with Gasteiger partial charge in [-0.15, -0.1) is 0 Å². The number of rotatable bonds is 3. The Kier molecular flexibility index (Phi) is 4.29.